The molecule has 5 heteroatoms. The number of terminal acetylenes is 1. The van der Waals surface area contributed by atoms with Crippen molar-refractivity contribution in [2.75, 3.05) is 19.6 Å². The highest BCUT2D eigenvalue weighted by Crippen LogP contribution is 2.37. The van der Waals surface area contributed by atoms with Crippen LogP contribution in [0.4, 0.5) is 0 Å². The Hall–Kier alpha value is -0.570. The van der Waals surface area contributed by atoms with Crippen molar-refractivity contribution in [1.82, 2.24) is 4.90 Å². The van der Waals surface area contributed by atoms with E-state index in [1.807, 2.05) is 0 Å². The van der Waals surface area contributed by atoms with Crippen LogP contribution in [0.15, 0.2) is 10.2 Å². The zero-order valence-corrected chi connectivity index (χ0v) is 9.54. The monoisotopic (exact) mass is 224 g/mol. The average molecular weight is 224 g/mol. The first-order valence-corrected chi connectivity index (χ1v) is 6.18. The lowest BCUT2D eigenvalue weighted by atomic mass is 10.0. The van der Waals surface area contributed by atoms with Crippen LogP contribution in [0.3, 0.4) is 0 Å². The predicted molar refractivity (Wildman–Crippen MR) is 62.3 cm³/mol. The van der Waals surface area contributed by atoms with Crippen molar-refractivity contribution >= 4 is 11.9 Å². The molecule has 15 heavy (non-hydrogen) atoms. The highest BCUT2D eigenvalue weighted by atomic mass is 32.2. The number of hydrogen-bond acceptors (Lipinski definition) is 5. The van der Waals surface area contributed by atoms with E-state index in [0.717, 1.165) is 38.9 Å². The number of rotatable bonds is 6. The molecule has 0 aromatic carbocycles. The van der Waals surface area contributed by atoms with Crippen molar-refractivity contribution in [3.05, 3.63) is 0 Å². The molecule has 0 amide bonds. The summed E-state index contributed by atoms with van der Waals surface area (Å²) in [5.41, 5.74) is -0.118. The van der Waals surface area contributed by atoms with Gasteiger partial charge in [-0.05, 0) is 0 Å². The van der Waals surface area contributed by atoms with Crippen molar-refractivity contribution in [2.45, 2.75) is 30.2 Å². The van der Waals surface area contributed by atoms with Gasteiger partial charge < -0.3 is 4.90 Å². The number of nitrogens with two attached hydrogens (primary N) is 1. The Morgan fingerprint density at radius 1 is 1.47 bits per heavy atom. The molecule has 2 aliphatic rings. The molecule has 0 saturated carbocycles. The molecular formula is C10H16N4S. The fourth-order valence-electron chi connectivity index (χ4n) is 1.80. The fourth-order valence-corrected chi connectivity index (χ4v) is 2.39. The standard InChI is InChI=1S/C10H16N4S/c1-2-3-4-10(12-13-10)5-6-14-7-9(8-14)15-11/h1,9H,3-8,11H2. The van der Waals surface area contributed by atoms with Crippen molar-refractivity contribution in [3.63, 3.8) is 0 Å². The molecule has 0 unspecified atom stereocenters. The molecular weight excluding hydrogens is 208 g/mol. The smallest absolute Gasteiger partial charge is 0.193 e. The average Bonchev–Trinajstić information content (AvgIpc) is 2.94. The van der Waals surface area contributed by atoms with Crippen LogP contribution in [0.25, 0.3) is 0 Å². The van der Waals surface area contributed by atoms with Gasteiger partial charge in [0.25, 0.3) is 0 Å². The second kappa shape index (κ2) is 4.52. The van der Waals surface area contributed by atoms with E-state index in [-0.39, 0.29) is 5.66 Å². The minimum Gasteiger partial charge on any atom is -0.301 e. The lowest BCUT2D eigenvalue weighted by Gasteiger charge is -2.38. The zero-order chi connectivity index (χ0) is 10.7. The quantitative estimate of drug-likeness (QED) is 0.545. The van der Waals surface area contributed by atoms with E-state index in [1.54, 1.807) is 0 Å². The highest BCUT2D eigenvalue weighted by molar-refractivity contribution is 7.97. The maximum Gasteiger partial charge on any atom is 0.193 e. The van der Waals surface area contributed by atoms with Crippen LogP contribution in [-0.4, -0.2) is 35.4 Å². The topological polar surface area (TPSA) is 54.0 Å². The van der Waals surface area contributed by atoms with E-state index in [0.29, 0.717) is 5.25 Å². The molecule has 0 bridgehead atoms. The van der Waals surface area contributed by atoms with Crippen LogP contribution in [0.1, 0.15) is 19.3 Å². The second-order valence-corrected chi connectivity index (χ2v) is 5.09. The Kier molecular flexibility index (Phi) is 3.29. The number of nitrogens with zero attached hydrogens (tertiary/aromatic N) is 3. The van der Waals surface area contributed by atoms with Crippen LogP contribution in [0.2, 0.25) is 0 Å². The van der Waals surface area contributed by atoms with Gasteiger partial charge in [-0.1, -0.05) is 11.9 Å². The van der Waals surface area contributed by atoms with Gasteiger partial charge >= 0.3 is 0 Å². The predicted octanol–water partition coefficient (Wildman–Crippen LogP) is 1.24. The normalized spacial score (nSPS) is 23.5. The molecule has 0 aliphatic carbocycles. The molecule has 2 heterocycles. The van der Waals surface area contributed by atoms with Gasteiger partial charge in [0.2, 0.25) is 0 Å². The summed E-state index contributed by atoms with van der Waals surface area (Å²) in [7, 11) is 0. The molecule has 1 fully saturated rings. The van der Waals surface area contributed by atoms with E-state index < -0.39 is 0 Å². The van der Waals surface area contributed by atoms with E-state index in [9.17, 15) is 0 Å². The van der Waals surface area contributed by atoms with Crippen LogP contribution >= 0.6 is 11.9 Å². The Bertz CT molecular complexity index is 284. The summed E-state index contributed by atoms with van der Waals surface area (Å²) in [5, 5.41) is 14.3. The Labute approximate surface area is 94.8 Å². The van der Waals surface area contributed by atoms with E-state index in [1.165, 1.54) is 11.9 Å². The summed E-state index contributed by atoms with van der Waals surface area (Å²) >= 11 is 1.46. The summed E-state index contributed by atoms with van der Waals surface area (Å²) in [6.07, 6.45) is 7.92. The Morgan fingerprint density at radius 2 is 2.20 bits per heavy atom. The van der Waals surface area contributed by atoms with Crippen LogP contribution in [0, 0.1) is 12.3 Å². The third-order valence-corrected chi connectivity index (χ3v) is 3.68. The van der Waals surface area contributed by atoms with Gasteiger partial charge in [0.1, 0.15) is 0 Å². The van der Waals surface area contributed by atoms with Gasteiger partial charge in [-0.2, -0.15) is 10.2 Å². The van der Waals surface area contributed by atoms with Crippen LogP contribution in [0.5, 0.6) is 0 Å². The van der Waals surface area contributed by atoms with Crippen molar-refractivity contribution < 1.29 is 0 Å². The third-order valence-electron chi connectivity index (χ3n) is 3.00. The molecule has 4 nitrogen and oxygen atoms in total. The summed E-state index contributed by atoms with van der Waals surface area (Å²) < 4.78 is 0. The van der Waals surface area contributed by atoms with Crippen molar-refractivity contribution in [2.24, 2.45) is 15.4 Å². The van der Waals surface area contributed by atoms with E-state index in [4.69, 9.17) is 11.6 Å². The third kappa shape index (κ3) is 2.71. The largest absolute Gasteiger partial charge is 0.301 e. The second-order valence-electron chi connectivity index (χ2n) is 4.15. The SMILES string of the molecule is C#CCCC1(CCN2CC(SN)C2)N=N1. The molecule has 0 radical (unpaired) electrons. The first-order chi connectivity index (χ1) is 7.28. The summed E-state index contributed by atoms with van der Waals surface area (Å²) in [5.74, 6) is 2.64. The molecule has 0 atom stereocenters. The lowest BCUT2D eigenvalue weighted by molar-refractivity contribution is 0.179. The van der Waals surface area contributed by atoms with E-state index in [2.05, 4.69) is 21.0 Å². The maximum absolute atomic E-state index is 5.49. The molecule has 1 saturated heterocycles. The molecule has 0 spiro atoms. The maximum atomic E-state index is 5.49. The summed E-state index contributed by atoms with van der Waals surface area (Å²) in [4.78, 5) is 2.39. The molecule has 2 rings (SSSR count). The van der Waals surface area contributed by atoms with Crippen molar-refractivity contribution in [3.8, 4) is 12.3 Å². The Morgan fingerprint density at radius 3 is 2.73 bits per heavy atom. The number of hydrogen-bond donors (Lipinski definition) is 1. The van der Waals surface area contributed by atoms with E-state index >= 15 is 0 Å². The molecule has 2 aliphatic heterocycles. The van der Waals surface area contributed by atoms with Gasteiger partial charge in [0, 0.05) is 44.1 Å². The summed E-state index contributed by atoms with van der Waals surface area (Å²) in [6, 6.07) is 0. The van der Waals surface area contributed by atoms with Crippen molar-refractivity contribution in [1.29, 1.82) is 0 Å². The van der Waals surface area contributed by atoms with Gasteiger partial charge in [-0.3, -0.25) is 5.14 Å². The minimum absolute atomic E-state index is 0.118. The van der Waals surface area contributed by atoms with Gasteiger partial charge in [0.05, 0.1) is 0 Å². The number of likely N-dealkylation sites (tertiary alicyclic amines) is 1. The van der Waals surface area contributed by atoms with Crippen LogP contribution < -0.4 is 5.14 Å². The fraction of sp³-hybridized carbons (Fsp3) is 0.800. The van der Waals surface area contributed by atoms with Gasteiger partial charge in [0.15, 0.2) is 5.66 Å². The molecule has 82 valence electrons. The lowest BCUT2D eigenvalue weighted by Crippen LogP contribution is -2.50. The highest BCUT2D eigenvalue weighted by Gasteiger charge is 2.40. The zero-order valence-electron chi connectivity index (χ0n) is 8.72. The minimum atomic E-state index is -0.118. The van der Waals surface area contributed by atoms with Gasteiger partial charge in [-0.25, -0.2) is 0 Å². The molecule has 2 N–H and O–H groups in total. The first-order valence-electron chi connectivity index (χ1n) is 5.23. The molecule has 0 aromatic heterocycles. The Balaban J connectivity index is 1.60. The molecule has 0 aromatic rings. The summed E-state index contributed by atoms with van der Waals surface area (Å²) in [6.45, 7) is 3.27. The van der Waals surface area contributed by atoms with Gasteiger partial charge in [-0.15, -0.1) is 12.3 Å². The van der Waals surface area contributed by atoms with Crippen LogP contribution in [-0.2, 0) is 0 Å². The first kappa shape index (κ1) is 10.9.